The molecule has 0 aliphatic heterocycles. The smallest absolute Gasteiger partial charge is 0.252 e. The van der Waals surface area contributed by atoms with E-state index in [0.29, 0.717) is 50.5 Å². The summed E-state index contributed by atoms with van der Waals surface area (Å²) in [6.07, 6.45) is 0. The highest BCUT2D eigenvalue weighted by Crippen LogP contribution is 2.38. The molecule has 3 aromatic carbocycles. The van der Waals surface area contributed by atoms with Crippen molar-refractivity contribution >= 4 is 34.1 Å². The van der Waals surface area contributed by atoms with Crippen molar-refractivity contribution in [1.29, 1.82) is 0 Å². The first-order valence-electron chi connectivity index (χ1n) is 9.23. The zero-order valence-corrected chi connectivity index (χ0v) is 17.2. The molecule has 0 saturated carbocycles. The van der Waals surface area contributed by atoms with Gasteiger partial charge in [0.15, 0.2) is 0 Å². The number of methoxy groups -OCH3 is 1. The third-order valence-electron chi connectivity index (χ3n) is 4.50. The second-order valence-electron chi connectivity index (χ2n) is 6.59. The van der Waals surface area contributed by atoms with E-state index in [-0.39, 0.29) is 5.56 Å². The van der Waals surface area contributed by atoms with Crippen LogP contribution in [0.4, 0.5) is 5.69 Å². The van der Waals surface area contributed by atoms with Crippen LogP contribution < -0.4 is 25.7 Å². The third kappa shape index (κ3) is 4.31. The normalized spacial score (nSPS) is 10.6. The Morgan fingerprint density at radius 2 is 1.71 bits per heavy atom. The highest BCUT2D eigenvalue weighted by molar-refractivity contribution is 6.33. The van der Waals surface area contributed by atoms with E-state index in [4.69, 9.17) is 37.3 Å². The van der Waals surface area contributed by atoms with Crippen molar-refractivity contribution in [2.45, 2.75) is 0 Å². The Bertz CT molecular complexity index is 1280. The second kappa shape index (κ2) is 8.41. The van der Waals surface area contributed by atoms with E-state index in [2.05, 4.69) is 4.98 Å². The number of amides is 1. The van der Waals surface area contributed by atoms with Gasteiger partial charge in [0.25, 0.3) is 5.91 Å². The zero-order chi connectivity index (χ0) is 22.0. The van der Waals surface area contributed by atoms with Crippen LogP contribution in [0, 0.1) is 0 Å². The van der Waals surface area contributed by atoms with Gasteiger partial charge in [0, 0.05) is 23.6 Å². The predicted molar refractivity (Wildman–Crippen MR) is 119 cm³/mol. The molecule has 8 heteroatoms. The number of ether oxygens (including phenoxy) is 3. The molecule has 1 amide bonds. The van der Waals surface area contributed by atoms with E-state index in [9.17, 15) is 4.79 Å². The summed E-state index contributed by atoms with van der Waals surface area (Å²) >= 11 is 6.12. The number of nitrogens with zero attached hydrogens (tertiary/aromatic N) is 1. The number of hydrogen-bond donors (Lipinski definition) is 2. The molecule has 1 heterocycles. The van der Waals surface area contributed by atoms with E-state index in [1.165, 1.54) is 7.11 Å². The molecule has 0 radical (unpaired) electrons. The van der Waals surface area contributed by atoms with Crippen molar-refractivity contribution in [3.63, 3.8) is 0 Å². The molecule has 0 aliphatic rings. The van der Waals surface area contributed by atoms with Crippen LogP contribution in [-0.2, 0) is 0 Å². The number of benzene rings is 3. The van der Waals surface area contributed by atoms with Gasteiger partial charge >= 0.3 is 0 Å². The Hall–Kier alpha value is -3.97. The van der Waals surface area contributed by atoms with Crippen LogP contribution >= 0.6 is 11.6 Å². The molecular formula is C23H18ClN3O4. The van der Waals surface area contributed by atoms with E-state index in [1.54, 1.807) is 36.4 Å². The lowest BCUT2D eigenvalue weighted by Crippen LogP contribution is -2.12. The van der Waals surface area contributed by atoms with Crippen molar-refractivity contribution in [2.24, 2.45) is 5.73 Å². The second-order valence-corrected chi connectivity index (χ2v) is 7.00. The fourth-order valence-electron chi connectivity index (χ4n) is 3.01. The van der Waals surface area contributed by atoms with Crippen molar-refractivity contribution < 1.29 is 19.0 Å². The topological polar surface area (TPSA) is 110 Å². The molecule has 4 N–H and O–H groups in total. The van der Waals surface area contributed by atoms with E-state index >= 15 is 0 Å². The van der Waals surface area contributed by atoms with Crippen molar-refractivity contribution in [3.05, 3.63) is 77.3 Å². The minimum atomic E-state index is -0.634. The number of rotatable bonds is 6. The number of nitrogen functional groups attached to an aromatic ring is 1. The molecule has 0 atom stereocenters. The van der Waals surface area contributed by atoms with Crippen LogP contribution in [0.3, 0.4) is 0 Å². The van der Waals surface area contributed by atoms with Crippen molar-refractivity contribution in [2.75, 3.05) is 12.8 Å². The summed E-state index contributed by atoms with van der Waals surface area (Å²) in [7, 11) is 1.45. The largest absolute Gasteiger partial charge is 0.496 e. The number of fused-ring (bicyclic) bond motifs is 1. The van der Waals surface area contributed by atoms with Gasteiger partial charge in [-0.15, -0.1) is 0 Å². The summed E-state index contributed by atoms with van der Waals surface area (Å²) < 4.78 is 17.3. The molecule has 4 aromatic rings. The molecule has 0 unspecified atom stereocenters. The summed E-state index contributed by atoms with van der Waals surface area (Å²) in [4.78, 5) is 16.4. The molecule has 0 aliphatic carbocycles. The summed E-state index contributed by atoms with van der Waals surface area (Å²) in [5.74, 6) is 1.41. The van der Waals surface area contributed by atoms with Gasteiger partial charge in [0.2, 0.25) is 5.88 Å². The van der Waals surface area contributed by atoms with E-state index in [0.717, 1.165) is 0 Å². The van der Waals surface area contributed by atoms with Gasteiger partial charge in [-0.2, -0.15) is 0 Å². The Labute approximate surface area is 183 Å². The van der Waals surface area contributed by atoms with Crippen LogP contribution in [0.5, 0.6) is 28.9 Å². The van der Waals surface area contributed by atoms with Gasteiger partial charge in [0.1, 0.15) is 23.0 Å². The van der Waals surface area contributed by atoms with Crippen LogP contribution in [0.25, 0.3) is 10.9 Å². The number of pyridine rings is 1. The summed E-state index contributed by atoms with van der Waals surface area (Å²) in [5, 5.41) is 0.902. The third-order valence-corrected chi connectivity index (χ3v) is 4.83. The molecule has 0 saturated heterocycles. The van der Waals surface area contributed by atoms with Crippen LogP contribution in [0.2, 0.25) is 5.02 Å². The van der Waals surface area contributed by atoms with Crippen LogP contribution in [0.15, 0.2) is 66.7 Å². The van der Waals surface area contributed by atoms with Gasteiger partial charge < -0.3 is 25.7 Å². The number of carbonyl (C=O) groups is 1. The van der Waals surface area contributed by atoms with E-state index in [1.807, 2.05) is 30.3 Å². The number of hydrogen-bond acceptors (Lipinski definition) is 6. The SMILES string of the molecule is COc1cc2nc(Oc3ccccc3)cc(Oc3ccc(N)c(Cl)c3)c2cc1C(N)=O. The molecule has 31 heavy (non-hydrogen) atoms. The predicted octanol–water partition coefficient (Wildman–Crippen LogP) is 5.16. The Morgan fingerprint density at radius 3 is 2.39 bits per heavy atom. The lowest BCUT2D eigenvalue weighted by molar-refractivity contribution is 0.0997. The number of primary amides is 1. The lowest BCUT2D eigenvalue weighted by atomic mass is 10.1. The van der Waals surface area contributed by atoms with E-state index < -0.39 is 5.91 Å². The minimum Gasteiger partial charge on any atom is -0.496 e. The molecule has 0 bridgehead atoms. The maximum Gasteiger partial charge on any atom is 0.252 e. The Morgan fingerprint density at radius 1 is 0.935 bits per heavy atom. The number of carbonyl (C=O) groups excluding carboxylic acids is 1. The summed E-state index contributed by atoms with van der Waals surface area (Å²) in [6.45, 7) is 0. The maximum absolute atomic E-state index is 11.9. The van der Waals surface area contributed by atoms with Crippen molar-refractivity contribution in [3.8, 4) is 28.9 Å². The van der Waals surface area contributed by atoms with Crippen LogP contribution in [-0.4, -0.2) is 18.0 Å². The first-order chi connectivity index (χ1) is 14.9. The van der Waals surface area contributed by atoms with Gasteiger partial charge in [-0.3, -0.25) is 4.79 Å². The highest BCUT2D eigenvalue weighted by atomic mass is 35.5. The molecule has 0 spiro atoms. The van der Waals surface area contributed by atoms with Crippen molar-refractivity contribution in [1.82, 2.24) is 4.98 Å². The Kier molecular flexibility index (Phi) is 5.51. The molecule has 7 nitrogen and oxygen atoms in total. The fraction of sp³-hybridized carbons (Fsp3) is 0.0435. The Balaban J connectivity index is 1.87. The lowest BCUT2D eigenvalue weighted by Gasteiger charge is -2.14. The number of nitrogens with two attached hydrogens (primary N) is 2. The molecule has 1 aromatic heterocycles. The first kappa shape index (κ1) is 20.3. The number of halogens is 1. The van der Waals surface area contributed by atoms with Gasteiger partial charge in [-0.25, -0.2) is 4.98 Å². The zero-order valence-electron chi connectivity index (χ0n) is 16.5. The van der Waals surface area contributed by atoms with Crippen LogP contribution in [0.1, 0.15) is 10.4 Å². The quantitative estimate of drug-likeness (QED) is 0.404. The molecule has 156 valence electrons. The highest BCUT2D eigenvalue weighted by Gasteiger charge is 2.17. The first-order valence-corrected chi connectivity index (χ1v) is 9.61. The standard InChI is InChI=1S/C23H18ClN3O4/c1-29-20-11-19-15(10-16(20)23(26)28)21(30-14-7-8-18(25)17(24)9-14)12-22(27-19)31-13-5-3-2-4-6-13/h2-12H,25H2,1H3,(H2,26,28). The molecule has 4 rings (SSSR count). The minimum absolute atomic E-state index is 0.203. The number of para-hydroxylation sites is 1. The monoisotopic (exact) mass is 435 g/mol. The molecule has 0 fully saturated rings. The average Bonchev–Trinajstić information content (AvgIpc) is 2.76. The van der Waals surface area contributed by atoms with Gasteiger partial charge in [-0.05, 0) is 30.3 Å². The molecular weight excluding hydrogens is 418 g/mol. The fourth-order valence-corrected chi connectivity index (χ4v) is 3.18. The summed E-state index contributed by atoms with van der Waals surface area (Å²) in [6, 6.07) is 18.9. The number of aromatic nitrogens is 1. The summed E-state index contributed by atoms with van der Waals surface area (Å²) in [5.41, 5.74) is 12.4. The van der Waals surface area contributed by atoms with Gasteiger partial charge in [0.05, 0.1) is 28.9 Å². The maximum atomic E-state index is 11.9. The number of anilines is 1. The van der Waals surface area contributed by atoms with Gasteiger partial charge in [-0.1, -0.05) is 29.8 Å². The average molecular weight is 436 g/mol.